The monoisotopic (exact) mass is 273 g/mol. The van der Waals surface area contributed by atoms with E-state index in [9.17, 15) is 4.79 Å². The van der Waals surface area contributed by atoms with Crippen molar-refractivity contribution in [2.75, 3.05) is 0 Å². The van der Waals surface area contributed by atoms with E-state index in [0.717, 1.165) is 34.7 Å². The Labute approximate surface area is 112 Å². The molecule has 1 aliphatic heterocycles. The van der Waals surface area contributed by atoms with Gasteiger partial charge in [0.15, 0.2) is 0 Å². The molecule has 96 valence electrons. The Kier molecular flexibility index (Phi) is 2.08. The summed E-state index contributed by atoms with van der Waals surface area (Å²) in [5, 5.41) is 8.55. The van der Waals surface area contributed by atoms with Crippen molar-refractivity contribution in [2.24, 2.45) is 5.73 Å². The first-order chi connectivity index (χ1) is 9.24. The number of carbonyl (C=O) groups is 1. The van der Waals surface area contributed by atoms with Gasteiger partial charge in [0.1, 0.15) is 4.83 Å². The first-order valence-corrected chi connectivity index (χ1v) is 6.88. The van der Waals surface area contributed by atoms with E-state index < -0.39 is 5.91 Å². The number of hydrogen-bond acceptors (Lipinski definition) is 4. The first kappa shape index (κ1) is 10.7. The second kappa shape index (κ2) is 3.67. The second-order valence-corrected chi connectivity index (χ2v) is 5.63. The fourth-order valence-electron chi connectivity index (χ4n) is 2.55. The van der Waals surface area contributed by atoms with Gasteiger partial charge in [-0.05, 0) is 12.8 Å². The summed E-state index contributed by atoms with van der Waals surface area (Å²) in [4.78, 5) is 13.2. The minimum absolute atomic E-state index is 0.441. The van der Waals surface area contributed by atoms with Gasteiger partial charge in [0.2, 0.25) is 0 Å². The molecule has 4 heterocycles. The Hall–Kier alpha value is -2.15. The molecule has 0 spiro atoms. The molecule has 1 amide bonds. The molecule has 0 radical (unpaired) electrons. The van der Waals surface area contributed by atoms with E-state index in [0.29, 0.717) is 5.56 Å². The minimum atomic E-state index is -0.441. The minimum Gasteiger partial charge on any atom is -0.365 e. The summed E-state index contributed by atoms with van der Waals surface area (Å²) in [6, 6.07) is 0. The van der Waals surface area contributed by atoms with E-state index in [1.807, 2.05) is 17.1 Å². The number of aryl methyl sites for hydroxylation is 1. The molecule has 3 aromatic rings. The molecule has 0 unspecified atom stereocenters. The van der Waals surface area contributed by atoms with Crippen LogP contribution in [0, 0.1) is 0 Å². The van der Waals surface area contributed by atoms with Gasteiger partial charge >= 0.3 is 0 Å². The van der Waals surface area contributed by atoms with Crippen LogP contribution in [0.5, 0.6) is 0 Å². The lowest BCUT2D eigenvalue weighted by molar-refractivity contribution is 0.100. The predicted octanol–water partition coefficient (Wildman–Crippen LogP) is 1.30. The molecule has 6 nitrogen and oxygen atoms in total. The number of thiazole rings is 1. The molecule has 0 saturated heterocycles. The number of hydrogen-bond donors (Lipinski definition) is 1. The van der Waals surface area contributed by atoms with E-state index in [4.69, 9.17) is 5.73 Å². The van der Waals surface area contributed by atoms with Crippen LogP contribution < -0.4 is 5.73 Å². The van der Waals surface area contributed by atoms with Gasteiger partial charge in [0.05, 0.1) is 22.8 Å². The van der Waals surface area contributed by atoms with Crippen LogP contribution in [0.4, 0.5) is 0 Å². The topological polar surface area (TPSA) is 78.2 Å². The van der Waals surface area contributed by atoms with Gasteiger partial charge in [-0.3, -0.25) is 9.48 Å². The maximum atomic E-state index is 11.3. The third-order valence-electron chi connectivity index (χ3n) is 3.46. The lowest BCUT2D eigenvalue weighted by Gasteiger charge is -1.95. The largest absolute Gasteiger partial charge is 0.365 e. The fraction of sp³-hybridized carbons (Fsp3) is 0.250. The zero-order chi connectivity index (χ0) is 13.0. The van der Waals surface area contributed by atoms with Crippen LogP contribution in [0.2, 0.25) is 0 Å². The maximum Gasteiger partial charge on any atom is 0.253 e. The summed E-state index contributed by atoms with van der Waals surface area (Å²) >= 11 is 1.53. The Morgan fingerprint density at radius 1 is 1.37 bits per heavy atom. The fourth-order valence-corrected chi connectivity index (χ4v) is 3.65. The highest BCUT2D eigenvalue weighted by Gasteiger charge is 2.20. The normalized spacial score (nSPS) is 14.1. The average Bonchev–Trinajstić information content (AvgIpc) is 3.07. The van der Waals surface area contributed by atoms with Crippen molar-refractivity contribution in [2.45, 2.75) is 19.4 Å². The van der Waals surface area contributed by atoms with Crippen molar-refractivity contribution in [3.63, 3.8) is 0 Å². The van der Waals surface area contributed by atoms with E-state index in [2.05, 4.69) is 10.2 Å². The number of amides is 1. The van der Waals surface area contributed by atoms with Crippen LogP contribution in [0.25, 0.3) is 15.3 Å². The molecule has 0 saturated carbocycles. The number of carbonyl (C=O) groups excluding carboxylic acids is 1. The summed E-state index contributed by atoms with van der Waals surface area (Å²) in [6.07, 6.45) is 7.54. The quantitative estimate of drug-likeness (QED) is 0.764. The van der Waals surface area contributed by atoms with Crippen LogP contribution >= 0.6 is 11.3 Å². The molecule has 0 atom stereocenters. The molecule has 2 N–H and O–H groups in total. The van der Waals surface area contributed by atoms with E-state index in [1.165, 1.54) is 23.2 Å². The van der Waals surface area contributed by atoms with Gasteiger partial charge in [-0.1, -0.05) is 0 Å². The molecular formula is C12H11N5OS. The Bertz CT molecular complexity index is 796. The molecule has 7 heteroatoms. The molecular weight excluding hydrogens is 262 g/mol. The molecule has 0 aromatic carbocycles. The summed E-state index contributed by atoms with van der Waals surface area (Å²) in [6.45, 7) is 0.990. The number of rotatable bonds is 2. The van der Waals surface area contributed by atoms with Gasteiger partial charge in [-0.25, -0.2) is 4.52 Å². The summed E-state index contributed by atoms with van der Waals surface area (Å²) in [5.41, 5.74) is 8.22. The standard InChI is InChI=1S/C12H11N5OS/c13-11(18)8-5-15-17-6-10(19-12(8)17)7-4-14-16-3-1-2-9(7)16/h4-6H,1-3H2,(H2,13,18). The van der Waals surface area contributed by atoms with E-state index in [-0.39, 0.29) is 0 Å². The Morgan fingerprint density at radius 2 is 2.26 bits per heavy atom. The second-order valence-electron chi connectivity index (χ2n) is 4.60. The SMILES string of the molecule is NC(=O)c1cnn2cc(-c3cnn4c3CCC4)sc12. The van der Waals surface area contributed by atoms with Crippen molar-refractivity contribution >= 4 is 22.1 Å². The lowest BCUT2D eigenvalue weighted by atomic mass is 10.2. The first-order valence-electron chi connectivity index (χ1n) is 6.06. The van der Waals surface area contributed by atoms with Gasteiger partial charge in [0.25, 0.3) is 5.91 Å². The summed E-state index contributed by atoms with van der Waals surface area (Å²) in [7, 11) is 0. The predicted molar refractivity (Wildman–Crippen MR) is 71.1 cm³/mol. The van der Waals surface area contributed by atoms with Crippen LogP contribution in [0.15, 0.2) is 18.6 Å². The lowest BCUT2D eigenvalue weighted by Crippen LogP contribution is -2.09. The smallest absolute Gasteiger partial charge is 0.253 e. The van der Waals surface area contributed by atoms with Crippen molar-refractivity contribution in [3.8, 4) is 10.4 Å². The highest BCUT2D eigenvalue weighted by molar-refractivity contribution is 7.21. The third kappa shape index (κ3) is 1.45. The van der Waals surface area contributed by atoms with Crippen LogP contribution in [-0.4, -0.2) is 25.3 Å². The number of aromatic nitrogens is 4. The van der Waals surface area contributed by atoms with Crippen molar-refractivity contribution in [3.05, 3.63) is 29.8 Å². The third-order valence-corrected chi connectivity index (χ3v) is 4.60. The molecule has 0 bridgehead atoms. The molecule has 4 rings (SSSR count). The Balaban J connectivity index is 1.89. The number of primary amides is 1. The van der Waals surface area contributed by atoms with Crippen molar-refractivity contribution in [1.82, 2.24) is 19.4 Å². The van der Waals surface area contributed by atoms with Gasteiger partial charge in [-0.2, -0.15) is 10.2 Å². The highest BCUT2D eigenvalue weighted by atomic mass is 32.1. The molecule has 3 aromatic heterocycles. The van der Waals surface area contributed by atoms with Gasteiger partial charge in [0, 0.05) is 24.0 Å². The van der Waals surface area contributed by atoms with Crippen LogP contribution in [0.1, 0.15) is 22.5 Å². The van der Waals surface area contributed by atoms with Gasteiger partial charge < -0.3 is 5.73 Å². The van der Waals surface area contributed by atoms with Crippen molar-refractivity contribution < 1.29 is 4.79 Å². The van der Waals surface area contributed by atoms with E-state index in [1.54, 1.807) is 4.52 Å². The van der Waals surface area contributed by atoms with Crippen molar-refractivity contribution in [1.29, 1.82) is 0 Å². The molecule has 0 fully saturated rings. The number of nitrogens with two attached hydrogens (primary N) is 1. The number of nitrogens with zero attached hydrogens (tertiary/aromatic N) is 4. The molecule has 1 aliphatic rings. The maximum absolute atomic E-state index is 11.3. The van der Waals surface area contributed by atoms with Crippen LogP contribution in [-0.2, 0) is 13.0 Å². The summed E-state index contributed by atoms with van der Waals surface area (Å²) in [5.74, 6) is -0.441. The summed E-state index contributed by atoms with van der Waals surface area (Å²) < 4.78 is 3.76. The van der Waals surface area contributed by atoms with Gasteiger partial charge in [-0.15, -0.1) is 11.3 Å². The highest BCUT2D eigenvalue weighted by Crippen LogP contribution is 2.34. The zero-order valence-corrected chi connectivity index (χ0v) is 10.9. The van der Waals surface area contributed by atoms with E-state index >= 15 is 0 Å². The number of fused-ring (bicyclic) bond motifs is 2. The average molecular weight is 273 g/mol. The molecule has 19 heavy (non-hydrogen) atoms. The Morgan fingerprint density at radius 3 is 3.11 bits per heavy atom. The zero-order valence-electron chi connectivity index (χ0n) is 10.0. The van der Waals surface area contributed by atoms with Crippen LogP contribution in [0.3, 0.4) is 0 Å². The molecule has 0 aliphatic carbocycles.